The number of imidazole rings is 2. The number of amides is 1. The zero-order valence-corrected chi connectivity index (χ0v) is 27.3. The summed E-state index contributed by atoms with van der Waals surface area (Å²) in [7, 11) is 3.53. The van der Waals surface area contributed by atoms with E-state index < -0.39 is 23.1 Å². The van der Waals surface area contributed by atoms with Gasteiger partial charge in [-0.15, -0.1) is 0 Å². The number of fused-ring (bicyclic) bond motifs is 2. The number of aromatic amines is 2. The maximum atomic E-state index is 13.4. The van der Waals surface area contributed by atoms with Crippen molar-refractivity contribution in [1.29, 1.82) is 0 Å². The van der Waals surface area contributed by atoms with Crippen molar-refractivity contribution in [2.24, 2.45) is 0 Å². The first kappa shape index (κ1) is 32.2. The van der Waals surface area contributed by atoms with Gasteiger partial charge in [0.15, 0.2) is 5.60 Å². The van der Waals surface area contributed by atoms with Crippen LogP contribution in [-0.2, 0) is 25.5 Å². The molecule has 0 saturated heterocycles. The number of carbonyl (C=O) groups is 2. The first-order chi connectivity index (χ1) is 23.2. The van der Waals surface area contributed by atoms with Crippen LogP contribution in [0.4, 0.5) is 11.4 Å². The minimum atomic E-state index is -1.26. The van der Waals surface area contributed by atoms with Gasteiger partial charge in [-0.1, -0.05) is 62.4 Å². The number of aliphatic hydroxyl groups is 1. The summed E-state index contributed by atoms with van der Waals surface area (Å²) in [6, 6.07) is 23.2. The number of nitrogens with one attached hydrogen (secondary N) is 3. The van der Waals surface area contributed by atoms with Gasteiger partial charge in [-0.3, -0.25) is 4.79 Å². The molecule has 2 atom stereocenters. The van der Waals surface area contributed by atoms with Gasteiger partial charge in [0.05, 0.1) is 24.0 Å². The largest absolute Gasteiger partial charge is 0.444 e. The molecular formula is C38H38N6O4. The summed E-state index contributed by atoms with van der Waals surface area (Å²) in [6.45, 7) is 3.83. The zero-order valence-electron chi connectivity index (χ0n) is 27.3. The van der Waals surface area contributed by atoms with Gasteiger partial charge in [-0.05, 0) is 53.4 Å². The Morgan fingerprint density at radius 1 is 0.854 bits per heavy atom. The third-order valence-electron chi connectivity index (χ3n) is 9.12. The van der Waals surface area contributed by atoms with Crippen molar-refractivity contribution in [2.45, 2.75) is 37.9 Å². The Labute approximate surface area is 278 Å². The van der Waals surface area contributed by atoms with Crippen LogP contribution in [0.25, 0.3) is 21.5 Å². The number of ether oxygens (including phenoxy) is 1. The molecule has 6 aromatic rings. The van der Waals surface area contributed by atoms with E-state index in [1.807, 2.05) is 93.7 Å². The zero-order chi connectivity index (χ0) is 33.9. The Balaban J connectivity index is 1.26. The highest BCUT2D eigenvalue weighted by Gasteiger charge is 2.39. The van der Waals surface area contributed by atoms with Crippen LogP contribution in [0, 0.1) is 0 Å². The molecule has 0 spiro atoms. The van der Waals surface area contributed by atoms with Gasteiger partial charge in [0.1, 0.15) is 11.3 Å². The fourth-order valence-corrected chi connectivity index (χ4v) is 6.36. The van der Waals surface area contributed by atoms with Gasteiger partial charge < -0.3 is 30.0 Å². The van der Waals surface area contributed by atoms with E-state index in [2.05, 4.69) is 25.3 Å². The van der Waals surface area contributed by atoms with E-state index in [4.69, 9.17) is 4.74 Å². The van der Waals surface area contributed by atoms with Crippen molar-refractivity contribution < 1.29 is 19.4 Å². The minimum absolute atomic E-state index is 0.405. The number of H-pyrrole nitrogens is 2. The molecule has 0 bridgehead atoms. The van der Waals surface area contributed by atoms with Gasteiger partial charge in [0.25, 0.3) is 5.91 Å². The van der Waals surface area contributed by atoms with E-state index in [0.717, 1.165) is 38.9 Å². The number of hydrogen-bond donors (Lipinski definition) is 4. The minimum Gasteiger partial charge on any atom is -0.444 e. The smallest absolute Gasteiger partial charge is 0.332 e. The van der Waals surface area contributed by atoms with Gasteiger partial charge in [0.2, 0.25) is 0 Å². The van der Waals surface area contributed by atoms with E-state index in [-0.39, 0.29) is 0 Å². The lowest BCUT2D eigenvalue weighted by atomic mass is 9.86. The van der Waals surface area contributed by atoms with Crippen molar-refractivity contribution in [2.75, 3.05) is 24.3 Å². The summed E-state index contributed by atoms with van der Waals surface area (Å²) in [4.78, 5) is 43.0. The Morgan fingerprint density at radius 3 is 2.17 bits per heavy atom. The molecule has 6 rings (SSSR count). The van der Waals surface area contributed by atoms with Gasteiger partial charge in [-0.2, -0.15) is 0 Å². The lowest BCUT2D eigenvalue weighted by Gasteiger charge is -2.31. The third kappa shape index (κ3) is 5.71. The predicted molar refractivity (Wildman–Crippen MR) is 188 cm³/mol. The van der Waals surface area contributed by atoms with Crippen LogP contribution in [0.5, 0.6) is 0 Å². The highest BCUT2D eigenvalue weighted by molar-refractivity contribution is 6.09. The quantitative estimate of drug-likeness (QED) is 0.0930. The number of rotatable bonds is 11. The average molecular weight is 643 g/mol. The SMILES string of the molecule is CCC(O)(c1ccc2c(N(C)C(=O)/C=C/C(=O)OC(CC)(c3ccc4c(NC)cccc4c3)c3c[nH]cn3)cccc2c1)c1c[nH]cn1. The second-order valence-electron chi connectivity index (χ2n) is 11.7. The molecule has 0 aliphatic rings. The lowest BCUT2D eigenvalue weighted by Crippen LogP contribution is -2.33. The van der Waals surface area contributed by atoms with Crippen molar-refractivity contribution in [3.05, 3.63) is 133 Å². The van der Waals surface area contributed by atoms with Gasteiger partial charge >= 0.3 is 5.97 Å². The van der Waals surface area contributed by atoms with E-state index in [0.29, 0.717) is 35.5 Å². The molecule has 1 amide bonds. The van der Waals surface area contributed by atoms with E-state index in [1.165, 1.54) is 11.0 Å². The topological polar surface area (TPSA) is 136 Å². The van der Waals surface area contributed by atoms with E-state index >= 15 is 0 Å². The van der Waals surface area contributed by atoms with Crippen LogP contribution in [0.3, 0.4) is 0 Å². The molecule has 2 aromatic heterocycles. The molecular weight excluding hydrogens is 604 g/mol. The molecule has 2 heterocycles. The molecule has 0 aliphatic heterocycles. The highest BCUT2D eigenvalue weighted by Crippen LogP contribution is 2.39. The Kier molecular flexibility index (Phi) is 8.84. The highest BCUT2D eigenvalue weighted by atomic mass is 16.6. The Bertz CT molecular complexity index is 2110. The number of benzene rings is 4. The van der Waals surface area contributed by atoms with Crippen molar-refractivity contribution in [3.8, 4) is 0 Å². The van der Waals surface area contributed by atoms with Crippen LogP contribution >= 0.6 is 0 Å². The standard InChI is InChI=1S/C38H38N6O4/c1-5-37(47,33-21-40-23-42-33)27-13-16-30-26(19-27)10-8-12-32(30)44(4)35(45)17-18-36(46)48-38(6-2,34-22-41-24-43-34)28-14-15-29-25(20-28)9-7-11-31(29)39-3/h7-24,39,47H,5-6H2,1-4H3,(H,40,42)(H,41,43)/b18-17+. The summed E-state index contributed by atoms with van der Waals surface area (Å²) in [6.07, 6.45) is 9.72. The molecule has 2 unspecified atom stereocenters. The monoisotopic (exact) mass is 642 g/mol. The fourth-order valence-electron chi connectivity index (χ4n) is 6.36. The number of esters is 1. The fraction of sp³-hybridized carbons (Fsp3) is 0.211. The van der Waals surface area contributed by atoms with Crippen molar-refractivity contribution >= 4 is 44.8 Å². The van der Waals surface area contributed by atoms with E-state index in [1.54, 1.807) is 32.1 Å². The van der Waals surface area contributed by atoms with Crippen molar-refractivity contribution in [1.82, 2.24) is 19.9 Å². The van der Waals surface area contributed by atoms with Crippen LogP contribution in [0.2, 0.25) is 0 Å². The van der Waals surface area contributed by atoms with Crippen LogP contribution in [0.1, 0.15) is 49.2 Å². The molecule has 0 aliphatic carbocycles. The van der Waals surface area contributed by atoms with Crippen molar-refractivity contribution in [3.63, 3.8) is 0 Å². The maximum Gasteiger partial charge on any atom is 0.332 e. The number of likely N-dealkylation sites (N-methyl/N-ethyl adjacent to an activating group) is 1. The predicted octanol–water partition coefficient (Wildman–Crippen LogP) is 6.54. The summed E-state index contributed by atoms with van der Waals surface area (Å²) in [5.74, 6) is -1.08. The number of hydrogen-bond acceptors (Lipinski definition) is 7. The Hall–Kier alpha value is -5.74. The normalized spacial score (nSPS) is 14.1. The molecule has 0 fully saturated rings. The molecule has 48 heavy (non-hydrogen) atoms. The average Bonchev–Trinajstić information content (AvgIpc) is 3.88. The summed E-state index contributed by atoms with van der Waals surface area (Å²) in [5.41, 5.74) is 1.74. The molecule has 0 radical (unpaired) electrons. The molecule has 0 saturated carbocycles. The maximum absolute atomic E-state index is 13.4. The molecule has 244 valence electrons. The Morgan fingerprint density at radius 2 is 1.50 bits per heavy atom. The second-order valence-corrected chi connectivity index (χ2v) is 11.7. The molecule has 10 heteroatoms. The van der Waals surface area contributed by atoms with Gasteiger partial charge in [0, 0.05) is 60.7 Å². The molecule has 4 N–H and O–H groups in total. The second kappa shape index (κ2) is 13.2. The summed E-state index contributed by atoms with van der Waals surface area (Å²) < 4.78 is 6.19. The van der Waals surface area contributed by atoms with E-state index in [9.17, 15) is 14.7 Å². The molecule has 10 nitrogen and oxygen atoms in total. The lowest BCUT2D eigenvalue weighted by molar-refractivity contribution is -0.151. The summed E-state index contributed by atoms with van der Waals surface area (Å²) >= 11 is 0. The van der Waals surface area contributed by atoms with Crippen LogP contribution in [-0.4, -0.2) is 51.0 Å². The third-order valence-corrected chi connectivity index (χ3v) is 9.12. The number of anilines is 2. The number of carbonyl (C=O) groups excluding carboxylic acids is 2. The number of aromatic nitrogens is 4. The first-order valence-electron chi connectivity index (χ1n) is 15.9. The molecule has 4 aromatic carbocycles. The first-order valence-corrected chi connectivity index (χ1v) is 15.9. The van der Waals surface area contributed by atoms with Crippen LogP contribution < -0.4 is 10.2 Å². The van der Waals surface area contributed by atoms with Gasteiger partial charge in [-0.25, -0.2) is 14.8 Å². The van der Waals surface area contributed by atoms with Crippen LogP contribution in [0.15, 0.2) is 110 Å². The number of nitrogens with zero attached hydrogens (tertiary/aromatic N) is 3. The summed E-state index contributed by atoms with van der Waals surface area (Å²) in [5, 5.41) is 18.4.